The van der Waals surface area contributed by atoms with Crippen LogP contribution in [0.4, 0.5) is 18.0 Å². The molecule has 0 bridgehead atoms. The molecule has 1 aromatic heterocycles. The van der Waals surface area contributed by atoms with Crippen LogP contribution in [0, 0.1) is 0 Å². The summed E-state index contributed by atoms with van der Waals surface area (Å²) in [5, 5.41) is 11.3. The summed E-state index contributed by atoms with van der Waals surface area (Å²) in [7, 11) is 0. The second-order valence-corrected chi connectivity index (χ2v) is 9.22. The number of amides is 2. The van der Waals surface area contributed by atoms with E-state index in [0.29, 0.717) is 32.0 Å². The lowest BCUT2D eigenvalue weighted by molar-refractivity contribution is -0.200. The van der Waals surface area contributed by atoms with Crippen molar-refractivity contribution >= 4 is 12.0 Å². The quantitative estimate of drug-likeness (QED) is 0.745. The number of alkyl halides is 3. The van der Waals surface area contributed by atoms with Gasteiger partial charge in [0, 0.05) is 37.8 Å². The smallest absolute Gasteiger partial charge is 0.425 e. The first-order valence-electron chi connectivity index (χ1n) is 11.1. The van der Waals surface area contributed by atoms with Crippen LogP contribution in [0.3, 0.4) is 0 Å². The van der Waals surface area contributed by atoms with Gasteiger partial charge in [0.15, 0.2) is 6.10 Å². The average molecular weight is 458 g/mol. The maximum absolute atomic E-state index is 12.9. The number of ether oxygens (including phenoxy) is 1. The van der Waals surface area contributed by atoms with E-state index in [1.807, 2.05) is 11.5 Å². The minimum atomic E-state index is -4.60. The number of aromatic nitrogens is 3. The Morgan fingerprint density at radius 2 is 1.84 bits per heavy atom. The lowest BCUT2D eigenvalue weighted by Gasteiger charge is -2.40. The Morgan fingerprint density at radius 1 is 1.16 bits per heavy atom. The molecule has 1 atom stereocenters. The van der Waals surface area contributed by atoms with E-state index in [-0.39, 0.29) is 24.8 Å². The van der Waals surface area contributed by atoms with Crippen LogP contribution >= 0.6 is 0 Å². The first kappa shape index (κ1) is 22.8. The monoisotopic (exact) mass is 458 g/mol. The van der Waals surface area contributed by atoms with E-state index in [0.717, 1.165) is 19.3 Å². The zero-order chi connectivity index (χ0) is 23.1. The molecule has 1 saturated heterocycles. The standard InChI is InChI=1S/C20H29F3N6O3/c1-13(20(21,22)23)32-18(31)27-8-6-19(2,7-9-27)24-17(30)16-26-25-15-12-28(10-11-29(15)16)14-4-3-5-14/h13-14H,3-12H2,1-2H3,(H,24,30). The SMILES string of the molecule is CC(OC(=O)N1CCC(C)(NC(=O)c2nnc3n2CCN(C2CCC2)C3)CC1)C(F)(F)F. The van der Waals surface area contributed by atoms with E-state index >= 15 is 0 Å². The maximum Gasteiger partial charge on any atom is 0.425 e. The van der Waals surface area contributed by atoms with Crippen molar-refractivity contribution in [3.05, 3.63) is 11.6 Å². The van der Waals surface area contributed by atoms with Gasteiger partial charge in [-0.05, 0) is 39.5 Å². The molecule has 0 aromatic carbocycles. The molecule has 1 N–H and O–H groups in total. The fourth-order valence-electron chi connectivity index (χ4n) is 4.34. The van der Waals surface area contributed by atoms with E-state index in [1.54, 1.807) is 0 Å². The molecular formula is C20H29F3N6O3. The van der Waals surface area contributed by atoms with Gasteiger partial charge in [0.2, 0.25) is 5.82 Å². The number of carbonyl (C=O) groups is 2. The highest BCUT2D eigenvalue weighted by Gasteiger charge is 2.41. The molecule has 1 aromatic rings. The number of piperidine rings is 1. The summed E-state index contributed by atoms with van der Waals surface area (Å²) in [6.07, 6.45) is -3.29. The molecule has 2 aliphatic heterocycles. The van der Waals surface area contributed by atoms with Gasteiger partial charge in [-0.3, -0.25) is 9.69 Å². The number of nitrogens with one attached hydrogen (secondary N) is 1. The minimum absolute atomic E-state index is 0.189. The first-order valence-corrected chi connectivity index (χ1v) is 11.1. The third-order valence-corrected chi connectivity index (χ3v) is 6.86. The van der Waals surface area contributed by atoms with Crippen molar-refractivity contribution in [1.29, 1.82) is 0 Å². The zero-order valence-corrected chi connectivity index (χ0v) is 18.3. The van der Waals surface area contributed by atoms with Crippen molar-refractivity contribution in [3.8, 4) is 0 Å². The molecule has 2 amide bonds. The Hall–Kier alpha value is -2.37. The topological polar surface area (TPSA) is 92.6 Å². The fourth-order valence-corrected chi connectivity index (χ4v) is 4.34. The lowest BCUT2D eigenvalue weighted by Crippen LogP contribution is -2.55. The molecular weight excluding hydrogens is 429 g/mol. The number of halogens is 3. The number of likely N-dealkylation sites (tertiary alicyclic amines) is 1. The Bertz CT molecular complexity index is 861. The number of fused-ring (bicyclic) bond motifs is 1. The molecule has 2 fully saturated rings. The maximum atomic E-state index is 12.9. The molecule has 1 saturated carbocycles. The van der Waals surface area contributed by atoms with Crippen molar-refractivity contribution < 1.29 is 27.5 Å². The van der Waals surface area contributed by atoms with Gasteiger partial charge in [-0.2, -0.15) is 13.2 Å². The van der Waals surface area contributed by atoms with Crippen molar-refractivity contribution in [2.24, 2.45) is 0 Å². The lowest BCUT2D eigenvalue weighted by atomic mass is 9.89. The summed E-state index contributed by atoms with van der Waals surface area (Å²) in [5.74, 6) is 0.732. The van der Waals surface area contributed by atoms with E-state index in [4.69, 9.17) is 0 Å². The number of hydrogen-bond acceptors (Lipinski definition) is 6. The van der Waals surface area contributed by atoms with Gasteiger partial charge >= 0.3 is 12.3 Å². The summed E-state index contributed by atoms with van der Waals surface area (Å²) >= 11 is 0. The highest BCUT2D eigenvalue weighted by molar-refractivity contribution is 5.91. The second-order valence-electron chi connectivity index (χ2n) is 9.22. The predicted octanol–water partition coefficient (Wildman–Crippen LogP) is 2.32. The molecule has 9 nitrogen and oxygen atoms in total. The molecule has 32 heavy (non-hydrogen) atoms. The van der Waals surface area contributed by atoms with Crippen LogP contribution in [-0.2, 0) is 17.8 Å². The highest BCUT2D eigenvalue weighted by Crippen LogP contribution is 2.29. The summed E-state index contributed by atoms with van der Waals surface area (Å²) < 4.78 is 44.2. The second kappa shape index (κ2) is 8.53. The van der Waals surface area contributed by atoms with E-state index in [1.165, 1.54) is 24.2 Å². The normalized spacial score (nSPS) is 22.6. The van der Waals surface area contributed by atoms with E-state index in [2.05, 4.69) is 25.2 Å². The van der Waals surface area contributed by atoms with Crippen LogP contribution in [0.25, 0.3) is 0 Å². The minimum Gasteiger partial charge on any atom is -0.437 e. The van der Waals surface area contributed by atoms with Gasteiger partial charge in [-0.25, -0.2) is 4.79 Å². The molecule has 12 heteroatoms. The van der Waals surface area contributed by atoms with Crippen LogP contribution in [0.2, 0.25) is 0 Å². The van der Waals surface area contributed by atoms with Crippen LogP contribution < -0.4 is 5.32 Å². The molecule has 1 unspecified atom stereocenters. The summed E-state index contributed by atoms with van der Waals surface area (Å²) in [6.45, 7) is 5.25. The van der Waals surface area contributed by atoms with Gasteiger partial charge in [0.05, 0.1) is 6.54 Å². The van der Waals surface area contributed by atoms with Crippen molar-refractivity contribution in [3.63, 3.8) is 0 Å². The first-order chi connectivity index (χ1) is 15.1. The van der Waals surface area contributed by atoms with Crippen LogP contribution in [0.5, 0.6) is 0 Å². The third-order valence-electron chi connectivity index (χ3n) is 6.86. The van der Waals surface area contributed by atoms with Crippen molar-refractivity contribution in [1.82, 2.24) is 29.9 Å². The third kappa shape index (κ3) is 4.69. The molecule has 3 heterocycles. The summed E-state index contributed by atoms with van der Waals surface area (Å²) in [5.41, 5.74) is -0.609. The zero-order valence-electron chi connectivity index (χ0n) is 18.3. The largest absolute Gasteiger partial charge is 0.437 e. The number of rotatable bonds is 4. The Labute approximate surface area is 184 Å². The van der Waals surface area contributed by atoms with Gasteiger partial charge < -0.3 is 19.5 Å². The number of hydrogen-bond donors (Lipinski definition) is 1. The number of carbonyl (C=O) groups excluding carboxylic acids is 2. The van der Waals surface area contributed by atoms with Gasteiger partial charge in [-0.1, -0.05) is 6.42 Å². The van der Waals surface area contributed by atoms with Crippen molar-refractivity contribution in [2.45, 2.75) is 82.9 Å². The van der Waals surface area contributed by atoms with Gasteiger partial charge in [-0.15, -0.1) is 10.2 Å². The van der Waals surface area contributed by atoms with Gasteiger partial charge in [0.25, 0.3) is 5.91 Å². The molecule has 0 spiro atoms. The van der Waals surface area contributed by atoms with E-state index < -0.39 is 23.9 Å². The van der Waals surface area contributed by atoms with Crippen LogP contribution in [0.15, 0.2) is 0 Å². The van der Waals surface area contributed by atoms with Crippen LogP contribution in [-0.4, -0.2) is 80.1 Å². The van der Waals surface area contributed by atoms with Crippen LogP contribution in [0.1, 0.15) is 62.4 Å². The predicted molar refractivity (Wildman–Crippen MR) is 107 cm³/mol. The molecule has 3 aliphatic rings. The molecule has 4 rings (SSSR count). The van der Waals surface area contributed by atoms with Crippen molar-refractivity contribution in [2.75, 3.05) is 19.6 Å². The fraction of sp³-hybridized carbons (Fsp3) is 0.800. The Balaban J connectivity index is 1.31. The highest BCUT2D eigenvalue weighted by atomic mass is 19.4. The molecule has 178 valence electrons. The Kier molecular flexibility index (Phi) is 6.08. The molecule has 1 aliphatic carbocycles. The number of nitrogens with zero attached hydrogens (tertiary/aromatic N) is 5. The Morgan fingerprint density at radius 3 is 2.44 bits per heavy atom. The summed E-state index contributed by atoms with van der Waals surface area (Å²) in [4.78, 5) is 28.6. The van der Waals surface area contributed by atoms with E-state index in [9.17, 15) is 22.8 Å². The molecule has 0 radical (unpaired) electrons. The summed E-state index contributed by atoms with van der Waals surface area (Å²) in [6, 6.07) is 0.604. The van der Waals surface area contributed by atoms with Gasteiger partial charge in [0.1, 0.15) is 5.82 Å². The average Bonchev–Trinajstić information content (AvgIpc) is 3.09.